The van der Waals surface area contributed by atoms with Gasteiger partial charge in [0.25, 0.3) is 0 Å². The van der Waals surface area contributed by atoms with Gasteiger partial charge in [-0.25, -0.2) is 9.97 Å². The number of hydrogen-bond acceptors (Lipinski definition) is 9. The molecular weight excluding hydrogens is 869 g/mol. The quantitative estimate of drug-likeness (QED) is 0.153. The minimum atomic E-state index is 0.530. The van der Waals surface area contributed by atoms with Crippen LogP contribution in [-0.4, -0.2) is 20.2 Å². The number of anilines is 6. The molecule has 0 unspecified atom stereocenters. The molecule has 9 heteroatoms. The number of nitrogens with zero attached hydrogens (tertiary/aromatic N) is 6. The fourth-order valence-corrected chi connectivity index (χ4v) is 11.2. The summed E-state index contributed by atoms with van der Waals surface area (Å²) in [6, 6.07) is 70.2. The van der Waals surface area contributed by atoms with Gasteiger partial charge in [0.15, 0.2) is 5.82 Å². The van der Waals surface area contributed by atoms with Gasteiger partial charge in [0.2, 0.25) is 5.95 Å². The summed E-state index contributed by atoms with van der Waals surface area (Å²) in [6.07, 6.45) is 1.88. The fraction of sp³-hybridized carbons (Fsp3) is 0. The molecule has 0 fully saturated rings. The van der Waals surface area contributed by atoms with Gasteiger partial charge in [-0.05, 0) is 128 Å². The van der Waals surface area contributed by atoms with Gasteiger partial charge in [-0.2, -0.15) is 0 Å². The van der Waals surface area contributed by atoms with Crippen LogP contribution in [0.4, 0.5) is 34.5 Å². The van der Waals surface area contributed by atoms with Gasteiger partial charge in [0, 0.05) is 57.3 Å². The van der Waals surface area contributed by atoms with Crippen molar-refractivity contribution >= 4 is 153 Å². The van der Waals surface area contributed by atoms with Crippen molar-refractivity contribution in [1.82, 2.24) is 20.2 Å². The van der Waals surface area contributed by atoms with Crippen molar-refractivity contribution in [2.75, 3.05) is 9.80 Å². The van der Waals surface area contributed by atoms with Gasteiger partial charge in [-0.1, -0.05) is 97.1 Å². The Morgan fingerprint density at radius 1 is 0.362 bits per heavy atom. The topological polar surface area (TPSA) is 84.3 Å². The van der Waals surface area contributed by atoms with E-state index in [9.17, 15) is 0 Å². The van der Waals surface area contributed by atoms with Gasteiger partial charge >= 0.3 is 0 Å². The second kappa shape index (κ2) is 14.7. The normalized spacial score (nSPS) is 12.1. The molecule has 0 amide bonds. The van der Waals surface area contributed by atoms with Crippen LogP contribution in [0.1, 0.15) is 0 Å². The summed E-state index contributed by atoms with van der Waals surface area (Å²) in [5.74, 6) is 1.20. The third-order valence-corrected chi connectivity index (χ3v) is 14.5. The zero-order valence-corrected chi connectivity index (χ0v) is 37.4. The molecule has 0 aliphatic rings. The smallest absolute Gasteiger partial charge is 0.235 e. The Bertz CT molecular complexity index is 4320. The first-order chi connectivity index (χ1) is 34.1. The molecule has 15 rings (SSSR count). The zero-order valence-electron chi connectivity index (χ0n) is 36.5. The highest BCUT2D eigenvalue weighted by Gasteiger charge is 2.23. The van der Waals surface area contributed by atoms with Gasteiger partial charge in [0.1, 0.15) is 32.7 Å². The average molecular weight is 903 g/mol. The zero-order chi connectivity index (χ0) is 45.2. The van der Waals surface area contributed by atoms with E-state index in [1.54, 1.807) is 11.3 Å². The summed E-state index contributed by atoms with van der Waals surface area (Å²) < 4.78 is 13.8. The monoisotopic (exact) mass is 902 g/mol. The maximum absolute atomic E-state index is 6.43. The predicted molar refractivity (Wildman–Crippen MR) is 284 cm³/mol. The first kappa shape index (κ1) is 38.0. The lowest BCUT2D eigenvalue weighted by Crippen LogP contribution is -2.13. The molecule has 5 heterocycles. The van der Waals surface area contributed by atoms with Crippen molar-refractivity contribution in [2.24, 2.45) is 0 Å². The van der Waals surface area contributed by atoms with Crippen LogP contribution in [0.25, 0.3) is 107 Å². The molecule has 0 saturated carbocycles. The molecule has 69 heavy (non-hydrogen) atoms. The van der Waals surface area contributed by atoms with E-state index in [0.717, 1.165) is 109 Å². The molecule has 0 N–H and O–H groups in total. The third kappa shape index (κ3) is 6.07. The Kier molecular flexibility index (Phi) is 8.07. The molecule has 0 atom stereocenters. The van der Waals surface area contributed by atoms with Gasteiger partial charge in [-0.15, -0.1) is 21.5 Å². The molecule has 0 aliphatic heterocycles. The Balaban J connectivity index is 0.887. The summed E-state index contributed by atoms with van der Waals surface area (Å²) in [5.41, 5.74) is 7.69. The number of rotatable bonds is 6. The van der Waals surface area contributed by atoms with Crippen LogP contribution in [0.2, 0.25) is 0 Å². The molecular formula is C60H34N6O2S. The lowest BCUT2D eigenvalue weighted by Gasteiger charge is -2.24. The molecule has 10 aromatic carbocycles. The Hall–Kier alpha value is -9.18. The van der Waals surface area contributed by atoms with E-state index in [4.69, 9.17) is 29.0 Å². The minimum Gasteiger partial charge on any atom is -0.456 e. The number of hydrogen-bond donors (Lipinski definition) is 0. The maximum atomic E-state index is 6.43. The van der Waals surface area contributed by atoms with E-state index in [2.05, 4.69) is 174 Å². The maximum Gasteiger partial charge on any atom is 0.235 e. The van der Waals surface area contributed by atoms with Crippen LogP contribution < -0.4 is 9.80 Å². The molecule has 0 spiro atoms. The molecule has 8 nitrogen and oxygen atoms in total. The molecule has 15 aromatic rings. The van der Waals surface area contributed by atoms with Crippen molar-refractivity contribution in [3.05, 3.63) is 206 Å². The molecule has 0 radical (unpaired) electrons. The SMILES string of the molecule is c1ccc2cc3cc(N(c4ccc5c(c4)oc4ccccc45)c4cc5sc6nc(N(c7ccc8cc9ccccc9cc8c7)c7ccc8c(c7)oc7ccccc78)ncc6c5nn4)ccc3cc2c1. The van der Waals surface area contributed by atoms with Crippen molar-refractivity contribution in [3.8, 4) is 0 Å². The van der Waals surface area contributed by atoms with Crippen LogP contribution in [0.15, 0.2) is 215 Å². The molecule has 0 aliphatic carbocycles. The highest BCUT2D eigenvalue weighted by Crippen LogP contribution is 2.43. The summed E-state index contributed by atoms with van der Waals surface area (Å²) in [7, 11) is 0. The Labute approximate surface area is 396 Å². The molecule has 0 bridgehead atoms. The van der Waals surface area contributed by atoms with Crippen LogP contribution >= 0.6 is 11.3 Å². The summed E-state index contributed by atoms with van der Waals surface area (Å²) in [6.45, 7) is 0. The number of aromatic nitrogens is 4. The highest BCUT2D eigenvalue weighted by atomic mass is 32.1. The van der Waals surface area contributed by atoms with E-state index >= 15 is 0 Å². The van der Waals surface area contributed by atoms with Crippen molar-refractivity contribution in [1.29, 1.82) is 0 Å². The highest BCUT2D eigenvalue weighted by molar-refractivity contribution is 7.25. The number of para-hydroxylation sites is 2. The van der Waals surface area contributed by atoms with E-state index < -0.39 is 0 Å². The van der Waals surface area contributed by atoms with Gasteiger partial charge in [-0.3, -0.25) is 9.80 Å². The van der Waals surface area contributed by atoms with Crippen molar-refractivity contribution in [2.45, 2.75) is 0 Å². The Morgan fingerprint density at radius 2 is 0.826 bits per heavy atom. The summed E-state index contributed by atoms with van der Waals surface area (Å²) >= 11 is 1.58. The van der Waals surface area contributed by atoms with Crippen LogP contribution in [-0.2, 0) is 0 Å². The van der Waals surface area contributed by atoms with Crippen molar-refractivity contribution < 1.29 is 8.83 Å². The Morgan fingerprint density at radius 3 is 1.42 bits per heavy atom. The van der Waals surface area contributed by atoms with Crippen molar-refractivity contribution in [3.63, 3.8) is 0 Å². The second-order valence-corrected chi connectivity index (χ2v) is 18.6. The lowest BCUT2D eigenvalue weighted by atomic mass is 10.0. The number of thiophene rings is 1. The van der Waals surface area contributed by atoms with E-state index in [-0.39, 0.29) is 0 Å². The standard InChI is InChI=1S/C60H34N6O2S/c1-3-11-37-27-41-29-43(19-17-39(41)25-35(37)9-1)65(45-21-23-49-47-13-5-7-15-52(47)67-54(49)31-45)57-33-56-58(64-63-57)51-34-61-60(62-59(51)69-56)66(46-22-24-50-48-14-6-8-16-53(48)68-55(50)32-46)44-20-18-40-26-36-10-2-4-12-38(36)28-42(40)30-44/h1-34H. The summed E-state index contributed by atoms with van der Waals surface area (Å²) in [4.78, 5) is 15.5. The van der Waals surface area contributed by atoms with Crippen LogP contribution in [0.3, 0.4) is 0 Å². The van der Waals surface area contributed by atoms with E-state index in [1.807, 2.05) is 42.6 Å². The first-order valence-corrected chi connectivity index (χ1v) is 23.6. The van der Waals surface area contributed by atoms with E-state index in [1.165, 1.54) is 21.5 Å². The first-order valence-electron chi connectivity index (χ1n) is 22.8. The minimum absolute atomic E-state index is 0.530. The molecule has 0 saturated heterocycles. The van der Waals surface area contributed by atoms with E-state index in [0.29, 0.717) is 11.8 Å². The van der Waals surface area contributed by atoms with Crippen LogP contribution in [0.5, 0.6) is 0 Å². The molecule has 322 valence electrons. The second-order valence-electron chi connectivity index (χ2n) is 17.6. The predicted octanol–water partition coefficient (Wildman–Crippen LogP) is 17.0. The number of furan rings is 2. The van der Waals surface area contributed by atoms with Gasteiger partial charge in [0.05, 0.1) is 21.5 Å². The number of benzene rings is 10. The molecule has 5 aromatic heterocycles. The largest absolute Gasteiger partial charge is 0.456 e. The number of fused-ring (bicyclic) bond motifs is 13. The fourth-order valence-electron chi connectivity index (χ4n) is 10.2. The lowest BCUT2D eigenvalue weighted by molar-refractivity contribution is 0.668. The average Bonchev–Trinajstić information content (AvgIpc) is 4.08. The van der Waals surface area contributed by atoms with Gasteiger partial charge < -0.3 is 8.83 Å². The third-order valence-electron chi connectivity index (χ3n) is 13.5. The van der Waals surface area contributed by atoms with Crippen LogP contribution in [0, 0.1) is 0 Å². The summed E-state index contributed by atoms with van der Waals surface area (Å²) in [5, 5.41) is 24.4.